The number of ether oxygens (including phenoxy) is 1. The zero-order chi connectivity index (χ0) is 18.5. The second-order valence-corrected chi connectivity index (χ2v) is 6.74. The molecule has 1 amide bonds. The average Bonchev–Trinajstić information content (AvgIpc) is 3.28. The third-order valence-electron chi connectivity index (χ3n) is 3.86. The molecule has 136 valence electrons. The molecule has 0 aliphatic heterocycles. The zero-order valence-corrected chi connectivity index (χ0v) is 15.4. The van der Waals surface area contributed by atoms with Gasteiger partial charge in [-0.25, -0.2) is 9.37 Å². The number of aryl methyl sites for hydroxylation is 1. The van der Waals surface area contributed by atoms with Gasteiger partial charge in [-0.05, 0) is 43.3 Å². The fourth-order valence-electron chi connectivity index (χ4n) is 2.50. The van der Waals surface area contributed by atoms with Crippen molar-refractivity contribution in [3.8, 4) is 10.6 Å². The molecule has 0 saturated carbocycles. The van der Waals surface area contributed by atoms with Crippen LogP contribution < -0.4 is 0 Å². The SMILES string of the molecule is COCCN(Cc1ccco1)C(=O)c1sc(-c2ccc(F)cc2)nc1C. The van der Waals surface area contributed by atoms with Gasteiger partial charge in [-0.1, -0.05) is 0 Å². The average molecular weight is 374 g/mol. The minimum atomic E-state index is -0.303. The fourth-order valence-corrected chi connectivity index (χ4v) is 3.54. The summed E-state index contributed by atoms with van der Waals surface area (Å²) < 4.78 is 23.6. The van der Waals surface area contributed by atoms with E-state index in [-0.39, 0.29) is 11.7 Å². The smallest absolute Gasteiger partial charge is 0.266 e. The maximum absolute atomic E-state index is 13.1. The maximum Gasteiger partial charge on any atom is 0.266 e. The summed E-state index contributed by atoms with van der Waals surface area (Å²) in [5, 5.41) is 0.690. The highest BCUT2D eigenvalue weighted by Crippen LogP contribution is 2.29. The quantitative estimate of drug-likeness (QED) is 0.624. The highest BCUT2D eigenvalue weighted by atomic mass is 32.1. The Balaban J connectivity index is 1.85. The van der Waals surface area contributed by atoms with E-state index < -0.39 is 0 Å². The van der Waals surface area contributed by atoms with E-state index in [4.69, 9.17) is 9.15 Å². The van der Waals surface area contributed by atoms with Gasteiger partial charge in [0.25, 0.3) is 5.91 Å². The molecule has 0 aliphatic rings. The molecule has 5 nitrogen and oxygen atoms in total. The molecule has 2 aromatic heterocycles. The molecule has 3 rings (SSSR count). The molecule has 0 fully saturated rings. The second kappa shape index (κ2) is 8.25. The number of carbonyl (C=O) groups is 1. The number of thiazole rings is 1. The summed E-state index contributed by atoms with van der Waals surface area (Å²) in [5.41, 5.74) is 1.44. The number of rotatable bonds is 7. The Hall–Kier alpha value is -2.51. The fraction of sp³-hybridized carbons (Fsp3) is 0.263. The van der Waals surface area contributed by atoms with Crippen molar-refractivity contribution in [2.24, 2.45) is 0 Å². The van der Waals surface area contributed by atoms with Gasteiger partial charge in [0.15, 0.2) is 0 Å². The Morgan fingerprint density at radius 2 is 2.08 bits per heavy atom. The lowest BCUT2D eigenvalue weighted by Crippen LogP contribution is -2.33. The first-order chi connectivity index (χ1) is 12.6. The molecule has 0 spiro atoms. The summed E-state index contributed by atoms with van der Waals surface area (Å²) in [6, 6.07) is 9.71. The number of nitrogens with zero attached hydrogens (tertiary/aromatic N) is 2. The van der Waals surface area contributed by atoms with Crippen molar-refractivity contribution < 1.29 is 18.3 Å². The Labute approximate surface area is 155 Å². The molecule has 26 heavy (non-hydrogen) atoms. The first-order valence-electron chi connectivity index (χ1n) is 8.12. The van der Waals surface area contributed by atoms with Gasteiger partial charge >= 0.3 is 0 Å². The number of carbonyl (C=O) groups excluding carboxylic acids is 1. The molecule has 7 heteroatoms. The first-order valence-corrected chi connectivity index (χ1v) is 8.94. The number of hydrogen-bond donors (Lipinski definition) is 0. The lowest BCUT2D eigenvalue weighted by Gasteiger charge is -2.20. The van der Waals surface area contributed by atoms with Crippen LogP contribution in [0.3, 0.4) is 0 Å². The molecule has 0 N–H and O–H groups in total. The summed E-state index contributed by atoms with van der Waals surface area (Å²) >= 11 is 1.30. The van der Waals surface area contributed by atoms with Crippen molar-refractivity contribution in [2.45, 2.75) is 13.5 Å². The van der Waals surface area contributed by atoms with E-state index in [0.717, 1.165) is 5.56 Å². The molecule has 2 heterocycles. The van der Waals surface area contributed by atoms with Gasteiger partial charge in [0.1, 0.15) is 21.5 Å². The number of aromatic nitrogens is 1. The normalized spacial score (nSPS) is 10.9. The van der Waals surface area contributed by atoms with Gasteiger partial charge in [-0.3, -0.25) is 4.79 Å². The van der Waals surface area contributed by atoms with Crippen molar-refractivity contribution in [2.75, 3.05) is 20.3 Å². The number of halogens is 1. The van der Waals surface area contributed by atoms with E-state index in [9.17, 15) is 9.18 Å². The number of furan rings is 1. The van der Waals surface area contributed by atoms with Crippen LogP contribution in [0.2, 0.25) is 0 Å². The molecular formula is C19H19FN2O3S. The van der Waals surface area contributed by atoms with Crippen LogP contribution in [-0.2, 0) is 11.3 Å². The third-order valence-corrected chi connectivity index (χ3v) is 5.06. The summed E-state index contributed by atoms with van der Waals surface area (Å²) in [7, 11) is 1.60. The molecule has 1 aromatic carbocycles. The second-order valence-electron chi connectivity index (χ2n) is 5.74. The van der Waals surface area contributed by atoms with Gasteiger partial charge in [0, 0.05) is 19.2 Å². The van der Waals surface area contributed by atoms with E-state index in [1.54, 1.807) is 43.4 Å². The summed E-state index contributed by atoms with van der Waals surface area (Å²) in [6.07, 6.45) is 1.58. The monoisotopic (exact) mass is 374 g/mol. The van der Waals surface area contributed by atoms with Crippen LogP contribution in [0.15, 0.2) is 47.1 Å². The van der Waals surface area contributed by atoms with E-state index in [1.165, 1.54) is 23.5 Å². The largest absolute Gasteiger partial charge is 0.467 e. The number of hydrogen-bond acceptors (Lipinski definition) is 5. The topological polar surface area (TPSA) is 55.6 Å². The molecule has 0 aliphatic carbocycles. The summed E-state index contributed by atoms with van der Waals surface area (Å²) in [5.74, 6) is 0.278. The van der Waals surface area contributed by atoms with Gasteiger partial charge in [0.2, 0.25) is 0 Å². The minimum Gasteiger partial charge on any atom is -0.467 e. The van der Waals surface area contributed by atoms with Gasteiger partial charge in [0.05, 0.1) is 25.1 Å². The van der Waals surface area contributed by atoms with Crippen molar-refractivity contribution in [1.82, 2.24) is 9.88 Å². The van der Waals surface area contributed by atoms with E-state index in [0.29, 0.717) is 41.0 Å². The molecule has 0 bridgehead atoms. The van der Waals surface area contributed by atoms with Crippen molar-refractivity contribution in [1.29, 1.82) is 0 Å². The standard InChI is InChI=1S/C19H19FN2O3S/c1-13-17(26-18(21-13)14-5-7-15(20)8-6-14)19(23)22(9-11-24-2)12-16-4-3-10-25-16/h3-8,10H,9,11-12H2,1-2H3. The van der Waals surface area contributed by atoms with Gasteiger partial charge in [-0.2, -0.15) is 0 Å². The predicted molar refractivity (Wildman–Crippen MR) is 97.6 cm³/mol. The van der Waals surface area contributed by atoms with Crippen molar-refractivity contribution in [3.63, 3.8) is 0 Å². The maximum atomic E-state index is 13.1. The number of methoxy groups -OCH3 is 1. The van der Waals surface area contributed by atoms with Crippen LogP contribution in [0, 0.1) is 12.7 Å². The molecular weight excluding hydrogens is 355 g/mol. The Morgan fingerprint density at radius 3 is 2.73 bits per heavy atom. The Morgan fingerprint density at radius 1 is 1.31 bits per heavy atom. The predicted octanol–water partition coefficient (Wildman–Crippen LogP) is 4.14. The van der Waals surface area contributed by atoms with E-state index in [2.05, 4.69) is 4.98 Å². The Bertz CT molecular complexity index is 860. The molecule has 0 unspecified atom stereocenters. The highest BCUT2D eigenvalue weighted by Gasteiger charge is 2.23. The van der Waals surface area contributed by atoms with Crippen LogP contribution in [-0.4, -0.2) is 36.1 Å². The van der Waals surface area contributed by atoms with Gasteiger partial charge in [-0.15, -0.1) is 11.3 Å². The zero-order valence-electron chi connectivity index (χ0n) is 14.6. The molecule has 0 saturated heterocycles. The first kappa shape index (κ1) is 18.3. The van der Waals surface area contributed by atoms with Gasteiger partial charge < -0.3 is 14.1 Å². The van der Waals surface area contributed by atoms with Crippen molar-refractivity contribution >= 4 is 17.2 Å². The van der Waals surface area contributed by atoms with Crippen LogP contribution >= 0.6 is 11.3 Å². The summed E-state index contributed by atoms with van der Waals surface area (Å²) in [4.78, 5) is 19.8. The lowest BCUT2D eigenvalue weighted by molar-refractivity contribution is 0.0670. The summed E-state index contributed by atoms with van der Waals surface area (Å²) in [6.45, 7) is 3.03. The minimum absolute atomic E-state index is 0.123. The molecule has 0 atom stereocenters. The van der Waals surface area contributed by atoms with Crippen LogP contribution in [0.4, 0.5) is 4.39 Å². The molecule has 3 aromatic rings. The van der Waals surface area contributed by atoms with Crippen LogP contribution in [0.1, 0.15) is 21.1 Å². The van der Waals surface area contributed by atoms with E-state index >= 15 is 0 Å². The van der Waals surface area contributed by atoms with Crippen LogP contribution in [0.25, 0.3) is 10.6 Å². The Kier molecular flexibility index (Phi) is 5.80. The van der Waals surface area contributed by atoms with Crippen LogP contribution in [0.5, 0.6) is 0 Å². The number of benzene rings is 1. The molecule has 0 radical (unpaired) electrons. The van der Waals surface area contributed by atoms with Crippen molar-refractivity contribution in [3.05, 3.63) is 64.8 Å². The van der Waals surface area contributed by atoms with E-state index in [1.807, 2.05) is 6.07 Å². The highest BCUT2D eigenvalue weighted by molar-refractivity contribution is 7.17. The number of amides is 1. The lowest BCUT2D eigenvalue weighted by atomic mass is 10.2. The third kappa shape index (κ3) is 4.17.